The lowest BCUT2D eigenvalue weighted by atomic mass is 10.3. The van der Waals surface area contributed by atoms with E-state index in [9.17, 15) is 0 Å². The van der Waals surface area contributed by atoms with Crippen LogP contribution in [-0.2, 0) is 6.54 Å². The van der Waals surface area contributed by atoms with Gasteiger partial charge in [0, 0.05) is 30.7 Å². The third-order valence-corrected chi connectivity index (χ3v) is 2.98. The summed E-state index contributed by atoms with van der Waals surface area (Å²) >= 11 is 7.45. The molecule has 0 saturated carbocycles. The van der Waals surface area contributed by atoms with Gasteiger partial charge in [0.15, 0.2) is 10.3 Å². The molecule has 2 rings (SSSR count). The maximum atomic E-state index is 5.93. The summed E-state index contributed by atoms with van der Waals surface area (Å²) in [6, 6.07) is 3.72. The number of anilines is 1. The molecule has 0 aliphatic rings. The Labute approximate surface area is 109 Å². The van der Waals surface area contributed by atoms with Crippen LogP contribution in [-0.4, -0.2) is 21.2 Å². The van der Waals surface area contributed by atoms with Crippen LogP contribution < -0.4 is 5.32 Å². The molecule has 2 heterocycles. The molecule has 2 aromatic rings. The van der Waals surface area contributed by atoms with Crippen LogP contribution in [0.5, 0.6) is 0 Å². The number of thioether (sulfide) groups is 1. The van der Waals surface area contributed by atoms with Crippen LogP contribution in [0.3, 0.4) is 0 Å². The van der Waals surface area contributed by atoms with Gasteiger partial charge in [-0.1, -0.05) is 23.4 Å². The Kier molecular flexibility index (Phi) is 4.17. The number of rotatable bonds is 4. The summed E-state index contributed by atoms with van der Waals surface area (Å²) in [5, 5.41) is 4.42. The summed E-state index contributed by atoms with van der Waals surface area (Å²) < 4.78 is 0. The van der Waals surface area contributed by atoms with Gasteiger partial charge in [-0.05, 0) is 18.4 Å². The lowest BCUT2D eigenvalue weighted by Crippen LogP contribution is -2.02. The minimum Gasteiger partial charge on any atom is -0.378 e. The van der Waals surface area contributed by atoms with Crippen molar-refractivity contribution in [2.75, 3.05) is 11.6 Å². The molecule has 0 unspecified atom stereocenters. The van der Waals surface area contributed by atoms with E-state index in [0.717, 1.165) is 16.4 Å². The van der Waals surface area contributed by atoms with E-state index in [0.29, 0.717) is 11.7 Å². The summed E-state index contributed by atoms with van der Waals surface area (Å²) in [6.07, 6.45) is 7.21. The second-order valence-electron chi connectivity index (χ2n) is 3.27. The van der Waals surface area contributed by atoms with Crippen molar-refractivity contribution in [3.8, 4) is 0 Å². The second kappa shape index (κ2) is 5.84. The fourth-order valence-electron chi connectivity index (χ4n) is 1.25. The van der Waals surface area contributed by atoms with Gasteiger partial charge in [0.2, 0.25) is 0 Å². The van der Waals surface area contributed by atoms with E-state index in [1.165, 1.54) is 11.8 Å². The fourth-order valence-corrected chi connectivity index (χ4v) is 1.76. The van der Waals surface area contributed by atoms with Crippen molar-refractivity contribution in [3.63, 3.8) is 0 Å². The van der Waals surface area contributed by atoms with E-state index in [4.69, 9.17) is 11.6 Å². The predicted octanol–water partition coefficient (Wildman–Crippen LogP) is 2.86. The molecule has 0 aliphatic carbocycles. The Morgan fingerprint density at radius 2 is 2.06 bits per heavy atom. The van der Waals surface area contributed by atoms with E-state index >= 15 is 0 Å². The molecule has 0 amide bonds. The summed E-state index contributed by atoms with van der Waals surface area (Å²) in [5.41, 5.74) is 1.81. The van der Waals surface area contributed by atoms with E-state index in [2.05, 4.69) is 20.3 Å². The van der Waals surface area contributed by atoms with Gasteiger partial charge in [-0.25, -0.2) is 15.0 Å². The third-order valence-electron chi connectivity index (χ3n) is 2.11. The van der Waals surface area contributed by atoms with Gasteiger partial charge in [-0.2, -0.15) is 0 Å². The minimum atomic E-state index is 0.467. The first-order valence-electron chi connectivity index (χ1n) is 4.99. The molecule has 6 heteroatoms. The standard InChI is InChI=1S/C11H11ClN4S/c1-17-11-15-6-8(7-16-11)5-14-9-3-2-4-13-10(9)12/h2-4,6-7,14H,5H2,1H3. The van der Waals surface area contributed by atoms with Crippen molar-refractivity contribution in [2.24, 2.45) is 0 Å². The van der Waals surface area contributed by atoms with Crippen LogP contribution in [0.2, 0.25) is 5.15 Å². The molecule has 0 atom stereocenters. The Morgan fingerprint density at radius 1 is 1.29 bits per heavy atom. The summed E-state index contributed by atoms with van der Waals surface area (Å²) in [7, 11) is 0. The second-order valence-corrected chi connectivity index (χ2v) is 4.40. The van der Waals surface area contributed by atoms with Gasteiger partial charge in [0.05, 0.1) is 5.69 Å². The number of aromatic nitrogens is 3. The van der Waals surface area contributed by atoms with Gasteiger partial charge in [0.1, 0.15) is 0 Å². The summed E-state index contributed by atoms with van der Waals surface area (Å²) in [4.78, 5) is 12.4. The first-order valence-corrected chi connectivity index (χ1v) is 6.59. The minimum absolute atomic E-state index is 0.467. The number of pyridine rings is 1. The van der Waals surface area contributed by atoms with Gasteiger partial charge < -0.3 is 5.32 Å². The Morgan fingerprint density at radius 3 is 2.71 bits per heavy atom. The van der Waals surface area contributed by atoms with E-state index in [-0.39, 0.29) is 0 Å². The van der Waals surface area contributed by atoms with Gasteiger partial charge in [-0.3, -0.25) is 0 Å². The molecule has 0 aliphatic heterocycles. The van der Waals surface area contributed by atoms with Crippen molar-refractivity contribution in [1.82, 2.24) is 15.0 Å². The van der Waals surface area contributed by atoms with Crippen molar-refractivity contribution in [3.05, 3.63) is 41.4 Å². The predicted molar refractivity (Wildman–Crippen MR) is 70.4 cm³/mol. The van der Waals surface area contributed by atoms with Crippen LogP contribution in [0.25, 0.3) is 0 Å². The van der Waals surface area contributed by atoms with Crippen LogP contribution in [0, 0.1) is 0 Å². The van der Waals surface area contributed by atoms with Gasteiger partial charge >= 0.3 is 0 Å². The van der Waals surface area contributed by atoms with Crippen LogP contribution in [0.15, 0.2) is 35.9 Å². The van der Waals surface area contributed by atoms with E-state index in [1.807, 2.05) is 18.4 Å². The maximum absolute atomic E-state index is 5.93. The third kappa shape index (κ3) is 3.31. The van der Waals surface area contributed by atoms with Gasteiger partial charge in [0.25, 0.3) is 0 Å². The molecule has 0 fully saturated rings. The molecule has 0 saturated heterocycles. The Bertz CT molecular complexity index is 489. The highest BCUT2D eigenvalue weighted by Gasteiger charge is 2.00. The Balaban J connectivity index is 2.00. The first kappa shape index (κ1) is 12.1. The number of hydrogen-bond donors (Lipinski definition) is 1. The molecular formula is C11H11ClN4S. The van der Waals surface area contributed by atoms with Crippen molar-refractivity contribution in [2.45, 2.75) is 11.7 Å². The lowest BCUT2D eigenvalue weighted by Gasteiger charge is -2.07. The largest absolute Gasteiger partial charge is 0.378 e. The number of nitrogens with one attached hydrogen (secondary N) is 1. The number of nitrogens with zero attached hydrogens (tertiary/aromatic N) is 3. The van der Waals surface area contributed by atoms with Crippen molar-refractivity contribution in [1.29, 1.82) is 0 Å². The molecule has 17 heavy (non-hydrogen) atoms. The normalized spacial score (nSPS) is 10.2. The quantitative estimate of drug-likeness (QED) is 0.524. The molecular weight excluding hydrogens is 256 g/mol. The Hall–Kier alpha value is -1.33. The lowest BCUT2D eigenvalue weighted by molar-refractivity contribution is 0.930. The molecule has 1 N–H and O–H groups in total. The molecule has 0 bridgehead atoms. The smallest absolute Gasteiger partial charge is 0.187 e. The average Bonchev–Trinajstić information content (AvgIpc) is 2.38. The molecule has 2 aromatic heterocycles. The van der Waals surface area contributed by atoms with Crippen LogP contribution >= 0.6 is 23.4 Å². The fraction of sp³-hybridized carbons (Fsp3) is 0.182. The SMILES string of the molecule is CSc1ncc(CNc2cccnc2Cl)cn1. The van der Waals surface area contributed by atoms with E-state index in [1.54, 1.807) is 18.6 Å². The molecule has 0 radical (unpaired) electrons. The van der Waals surface area contributed by atoms with Crippen LogP contribution in [0.4, 0.5) is 5.69 Å². The maximum Gasteiger partial charge on any atom is 0.187 e. The zero-order chi connectivity index (χ0) is 12.1. The van der Waals surface area contributed by atoms with Gasteiger partial charge in [-0.15, -0.1) is 0 Å². The summed E-state index contributed by atoms with van der Waals surface area (Å²) in [6.45, 7) is 0.625. The average molecular weight is 267 g/mol. The highest BCUT2D eigenvalue weighted by molar-refractivity contribution is 7.98. The highest BCUT2D eigenvalue weighted by atomic mass is 35.5. The zero-order valence-electron chi connectivity index (χ0n) is 9.22. The first-order chi connectivity index (χ1) is 8.29. The zero-order valence-corrected chi connectivity index (χ0v) is 10.8. The van der Waals surface area contributed by atoms with Crippen LogP contribution in [0.1, 0.15) is 5.56 Å². The number of halogens is 1. The van der Waals surface area contributed by atoms with E-state index < -0.39 is 0 Å². The monoisotopic (exact) mass is 266 g/mol. The molecule has 88 valence electrons. The molecule has 0 spiro atoms. The topological polar surface area (TPSA) is 50.7 Å². The number of hydrogen-bond acceptors (Lipinski definition) is 5. The highest BCUT2D eigenvalue weighted by Crippen LogP contribution is 2.18. The summed E-state index contributed by atoms with van der Waals surface area (Å²) in [5.74, 6) is 0. The van der Waals surface area contributed by atoms with Crippen molar-refractivity contribution >= 4 is 29.1 Å². The molecule has 4 nitrogen and oxygen atoms in total. The molecule has 0 aromatic carbocycles. The van der Waals surface area contributed by atoms with Crippen molar-refractivity contribution < 1.29 is 0 Å².